The zero-order chi connectivity index (χ0) is 13.5. The third-order valence-electron chi connectivity index (χ3n) is 5.58. The maximum absolute atomic E-state index is 12.0. The summed E-state index contributed by atoms with van der Waals surface area (Å²) in [5, 5.41) is 10.9. The number of hydrogen-bond acceptors (Lipinski definition) is 5. The van der Waals surface area contributed by atoms with Crippen molar-refractivity contribution in [1.82, 2.24) is 0 Å². The molecule has 4 aliphatic rings. The largest absolute Gasteiger partial charge is 0.462 e. The van der Waals surface area contributed by atoms with Crippen LogP contribution in [0.1, 0.15) is 32.6 Å². The van der Waals surface area contributed by atoms with Gasteiger partial charge in [-0.2, -0.15) is 0 Å². The molecule has 2 aliphatic heterocycles. The molecule has 1 saturated carbocycles. The minimum absolute atomic E-state index is 0.171. The Labute approximate surface area is 110 Å². The van der Waals surface area contributed by atoms with E-state index in [0.29, 0.717) is 12.8 Å². The number of hydrogen-bond donors (Lipinski definition) is 1. The van der Waals surface area contributed by atoms with Crippen LogP contribution < -0.4 is 0 Å². The summed E-state index contributed by atoms with van der Waals surface area (Å²) in [5.41, 5.74) is -1.68. The van der Waals surface area contributed by atoms with Gasteiger partial charge in [0.05, 0.1) is 11.8 Å². The number of rotatable bonds is 0. The number of allylic oxidation sites excluding steroid dienone is 1. The van der Waals surface area contributed by atoms with Gasteiger partial charge in [0.1, 0.15) is 12.7 Å². The third-order valence-corrected chi connectivity index (χ3v) is 5.58. The molecule has 0 aromatic heterocycles. The lowest BCUT2D eigenvalue weighted by atomic mass is 9.51. The molecule has 2 aliphatic carbocycles. The first-order chi connectivity index (χ1) is 8.92. The van der Waals surface area contributed by atoms with Crippen molar-refractivity contribution in [3.8, 4) is 0 Å². The number of cyclic esters (lactones) is 1. The van der Waals surface area contributed by atoms with Gasteiger partial charge in [-0.1, -0.05) is 11.6 Å². The maximum Gasteiger partial charge on any atom is 0.343 e. The van der Waals surface area contributed by atoms with Crippen molar-refractivity contribution in [3.63, 3.8) is 0 Å². The minimum atomic E-state index is -1.72. The molecule has 1 N–H and O–H groups in total. The fraction of sp³-hybridized carbons (Fsp3) is 0.714. The Hall–Kier alpha value is -1.36. The van der Waals surface area contributed by atoms with Crippen LogP contribution in [-0.4, -0.2) is 35.4 Å². The zero-order valence-corrected chi connectivity index (χ0v) is 10.8. The third kappa shape index (κ3) is 1.04. The first-order valence-electron chi connectivity index (χ1n) is 6.73. The summed E-state index contributed by atoms with van der Waals surface area (Å²) < 4.78 is 10.4. The Kier molecular flexibility index (Phi) is 1.83. The quantitative estimate of drug-likeness (QED) is 0.515. The van der Waals surface area contributed by atoms with E-state index in [0.717, 1.165) is 18.4 Å². The molecule has 5 heteroatoms. The Morgan fingerprint density at radius 2 is 2.21 bits per heavy atom. The van der Waals surface area contributed by atoms with Gasteiger partial charge in [0.25, 0.3) is 0 Å². The van der Waals surface area contributed by atoms with E-state index >= 15 is 0 Å². The Morgan fingerprint density at radius 3 is 3.00 bits per heavy atom. The number of esters is 2. The van der Waals surface area contributed by atoms with Crippen molar-refractivity contribution in [2.75, 3.05) is 6.61 Å². The van der Waals surface area contributed by atoms with E-state index in [-0.39, 0.29) is 18.0 Å². The maximum atomic E-state index is 12.0. The van der Waals surface area contributed by atoms with Crippen molar-refractivity contribution in [2.45, 2.75) is 44.3 Å². The van der Waals surface area contributed by atoms with E-state index < -0.39 is 23.1 Å². The molecule has 0 amide bonds. The first-order valence-corrected chi connectivity index (χ1v) is 6.73. The summed E-state index contributed by atoms with van der Waals surface area (Å²) >= 11 is 0. The van der Waals surface area contributed by atoms with E-state index in [1.165, 1.54) is 0 Å². The predicted octanol–water partition coefficient (Wildman–Crippen LogP) is 0.706. The van der Waals surface area contributed by atoms with Crippen molar-refractivity contribution >= 4 is 11.9 Å². The van der Waals surface area contributed by atoms with Crippen LogP contribution in [-0.2, 0) is 19.1 Å². The van der Waals surface area contributed by atoms with Gasteiger partial charge in [0, 0.05) is 5.41 Å². The predicted molar refractivity (Wildman–Crippen MR) is 62.9 cm³/mol. The molecule has 5 nitrogen and oxygen atoms in total. The zero-order valence-electron chi connectivity index (χ0n) is 10.8. The van der Waals surface area contributed by atoms with E-state index in [2.05, 4.69) is 6.08 Å². The van der Waals surface area contributed by atoms with Gasteiger partial charge in [-0.15, -0.1) is 0 Å². The van der Waals surface area contributed by atoms with Crippen LogP contribution in [0, 0.1) is 10.8 Å². The highest BCUT2D eigenvalue weighted by molar-refractivity contribution is 5.87. The van der Waals surface area contributed by atoms with Gasteiger partial charge in [-0.3, -0.25) is 4.79 Å². The molecular weight excluding hydrogens is 248 g/mol. The van der Waals surface area contributed by atoms with Crippen LogP contribution in [0.3, 0.4) is 0 Å². The topological polar surface area (TPSA) is 72.8 Å². The van der Waals surface area contributed by atoms with Crippen molar-refractivity contribution < 1.29 is 24.2 Å². The van der Waals surface area contributed by atoms with Crippen LogP contribution in [0.2, 0.25) is 0 Å². The van der Waals surface area contributed by atoms with Gasteiger partial charge >= 0.3 is 11.9 Å². The molecule has 102 valence electrons. The highest BCUT2D eigenvalue weighted by atomic mass is 16.6. The summed E-state index contributed by atoms with van der Waals surface area (Å²) in [5.74, 6) is -0.977. The van der Waals surface area contributed by atoms with Crippen molar-refractivity contribution in [3.05, 3.63) is 11.6 Å². The molecule has 0 radical (unpaired) electrons. The van der Waals surface area contributed by atoms with Crippen LogP contribution >= 0.6 is 0 Å². The summed E-state index contributed by atoms with van der Waals surface area (Å²) in [6, 6.07) is 0. The molecule has 2 heterocycles. The van der Waals surface area contributed by atoms with Gasteiger partial charge < -0.3 is 14.6 Å². The average Bonchev–Trinajstić information content (AvgIpc) is 2.85. The highest BCUT2D eigenvalue weighted by Gasteiger charge is 2.74. The summed E-state index contributed by atoms with van der Waals surface area (Å²) in [6.45, 7) is 2.03. The van der Waals surface area contributed by atoms with E-state index in [1.807, 2.05) is 6.92 Å². The molecule has 19 heavy (non-hydrogen) atoms. The van der Waals surface area contributed by atoms with E-state index in [4.69, 9.17) is 9.47 Å². The Balaban J connectivity index is 1.95. The molecule has 3 fully saturated rings. The standard InChI is InChI=1S/C14H16O5/c1-12-7-18-11(16)14(12,17)9-5-13(6-10(15)19-9)4-2-3-8(12)13/h3,9,17H,2,4-7H2,1H3/t9?,12-,13?,14+/m0/s1. The summed E-state index contributed by atoms with van der Waals surface area (Å²) in [6.07, 6.45) is 3.98. The van der Waals surface area contributed by atoms with Crippen LogP contribution in [0.5, 0.6) is 0 Å². The molecule has 4 rings (SSSR count). The lowest BCUT2D eigenvalue weighted by molar-refractivity contribution is -0.210. The van der Waals surface area contributed by atoms with Gasteiger partial charge in [0.2, 0.25) is 5.60 Å². The molecule has 1 spiro atoms. The normalized spacial score (nSPS) is 51.1. The lowest BCUT2D eigenvalue weighted by Gasteiger charge is -2.55. The molecule has 0 aromatic rings. The van der Waals surface area contributed by atoms with Crippen LogP contribution in [0.15, 0.2) is 11.6 Å². The fourth-order valence-corrected chi connectivity index (χ4v) is 4.65. The van der Waals surface area contributed by atoms with E-state index in [9.17, 15) is 14.7 Å². The number of carbonyl (C=O) groups is 2. The van der Waals surface area contributed by atoms with Crippen LogP contribution in [0.25, 0.3) is 0 Å². The van der Waals surface area contributed by atoms with Crippen molar-refractivity contribution in [1.29, 1.82) is 0 Å². The second kappa shape index (κ2) is 3.03. The number of ether oxygens (including phenoxy) is 2. The number of carbonyl (C=O) groups excluding carboxylic acids is 2. The highest BCUT2D eigenvalue weighted by Crippen LogP contribution is 2.65. The smallest absolute Gasteiger partial charge is 0.343 e. The molecule has 2 saturated heterocycles. The van der Waals surface area contributed by atoms with Gasteiger partial charge in [-0.05, 0) is 26.2 Å². The fourth-order valence-electron chi connectivity index (χ4n) is 4.65. The molecule has 2 unspecified atom stereocenters. The minimum Gasteiger partial charge on any atom is -0.462 e. The SMILES string of the molecule is C[C@@]12COC(=O)[C@]1(O)C1CC3(CCC=C32)CC(=O)O1. The van der Waals surface area contributed by atoms with Gasteiger partial charge in [-0.25, -0.2) is 4.79 Å². The Morgan fingerprint density at radius 1 is 1.42 bits per heavy atom. The molecule has 0 aromatic carbocycles. The molecule has 4 atom stereocenters. The molecular formula is C14H16O5. The lowest BCUT2D eigenvalue weighted by Crippen LogP contribution is -2.67. The molecule has 2 bridgehead atoms. The van der Waals surface area contributed by atoms with Gasteiger partial charge in [0.15, 0.2) is 0 Å². The van der Waals surface area contributed by atoms with Crippen LogP contribution in [0.4, 0.5) is 0 Å². The van der Waals surface area contributed by atoms with Crippen molar-refractivity contribution in [2.24, 2.45) is 10.8 Å². The second-order valence-corrected chi connectivity index (χ2v) is 6.47. The summed E-state index contributed by atoms with van der Waals surface area (Å²) in [4.78, 5) is 23.9. The monoisotopic (exact) mass is 264 g/mol. The number of aliphatic hydroxyl groups is 1. The second-order valence-electron chi connectivity index (χ2n) is 6.47. The summed E-state index contributed by atoms with van der Waals surface area (Å²) in [7, 11) is 0. The average molecular weight is 264 g/mol. The Bertz CT molecular complexity index is 538. The number of fused-ring (bicyclic) bond motifs is 4. The first kappa shape index (κ1) is 11.5. The van der Waals surface area contributed by atoms with E-state index in [1.54, 1.807) is 0 Å².